The molecule has 5 aromatic rings. The first-order valence-corrected chi connectivity index (χ1v) is 12.6. The Bertz CT molecular complexity index is 1600. The molecule has 0 radical (unpaired) electrons. The first-order valence-electron chi connectivity index (χ1n) is 12.6. The van der Waals surface area contributed by atoms with Crippen LogP contribution < -0.4 is 0 Å². The minimum atomic E-state index is -0.267. The number of fused-ring (bicyclic) bond motifs is 2. The summed E-state index contributed by atoms with van der Waals surface area (Å²) < 4.78 is 21.8. The second-order valence-corrected chi connectivity index (χ2v) is 10.1. The maximum atomic E-state index is 14.2. The lowest BCUT2D eigenvalue weighted by molar-refractivity contribution is -0.131. The van der Waals surface area contributed by atoms with Crippen molar-refractivity contribution in [1.29, 1.82) is 0 Å². The van der Waals surface area contributed by atoms with Crippen molar-refractivity contribution in [2.45, 2.75) is 25.8 Å². The number of aromatic nitrogens is 2. The number of hydrogen-bond acceptors (Lipinski definition) is 3. The molecule has 1 saturated carbocycles. The summed E-state index contributed by atoms with van der Waals surface area (Å²) in [5, 5.41) is 1.08. The van der Waals surface area contributed by atoms with Crippen molar-refractivity contribution in [3.05, 3.63) is 78.8 Å². The Hall–Kier alpha value is -3.93. The molecule has 1 amide bonds. The van der Waals surface area contributed by atoms with Crippen molar-refractivity contribution in [1.82, 2.24) is 14.5 Å². The van der Waals surface area contributed by atoms with E-state index >= 15 is 0 Å². The van der Waals surface area contributed by atoms with Crippen LogP contribution in [0.15, 0.2) is 77.4 Å². The van der Waals surface area contributed by atoms with Gasteiger partial charge in [-0.3, -0.25) is 4.79 Å². The summed E-state index contributed by atoms with van der Waals surface area (Å²) in [5.41, 5.74) is 5.68. The normalized spacial score (nSPS) is 17.9. The number of furan rings is 1. The SMILES string of the molecule is O=C(C1CC1)N1CC[C@H](Cn2c(-c3ccc(-c4ccc5occc5c4)cc3)nc3ccc(F)cc32)C1. The second-order valence-electron chi connectivity index (χ2n) is 10.1. The fraction of sp³-hybridized carbons (Fsp3) is 0.267. The number of carbonyl (C=O) groups excluding carboxylic acids is 1. The van der Waals surface area contributed by atoms with E-state index in [-0.39, 0.29) is 11.7 Å². The highest BCUT2D eigenvalue weighted by Crippen LogP contribution is 2.34. The van der Waals surface area contributed by atoms with Gasteiger partial charge < -0.3 is 13.9 Å². The van der Waals surface area contributed by atoms with Gasteiger partial charge in [0.05, 0.1) is 17.3 Å². The Morgan fingerprint density at radius 2 is 1.75 bits per heavy atom. The molecule has 0 spiro atoms. The zero-order chi connectivity index (χ0) is 24.2. The van der Waals surface area contributed by atoms with Gasteiger partial charge in [-0.05, 0) is 72.7 Å². The minimum Gasteiger partial charge on any atom is -0.464 e. The number of carbonyl (C=O) groups is 1. The van der Waals surface area contributed by atoms with Crippen LogP contribution in [0, 0.1) is 17.7 Å². The van der Waals surface area contributed by atoms with E-state index in [9.17, 15) is 9.18 Å². The standard InChI is InChI=1S/C30H26FN3O2/c31-25-8-9-26-27(16-25)34(18-19-11-13-33(17-19)30(35)22-5-6-22)29(32-26)21-3-1-20(2-4-21)23-7-10-28-24(15-23)12-14-36-28/h1-4,7-10,12,14-16,19,22H,5-6,11,13,17-18H2/t19-/m0/s1. The molecule has 6 heteroatoms. The summed E-state index contributed by atoms with van der Waals surface area (Å²) in [5.74, 6) is 1.45. The molecule has 2 aromatic heterocycles. The Labute approximate surface area is 208 Å². The highest BCUT2D eigenvalue weighted by molar-refractivity contribution is 5.85. The van der Waals surface area contributed by atoms with Gasteiger partial charge >= 0.3 is 0 Å². The lowest BCUT2D eigenvalue weighted by Crippen LogP contribution is -2.30. The highest BCUT2D eigenvalue weighted by atomic mass is 19.1. The molecular weight excluding hydrogens is 453 g/mol. The van der Waals surface area contributed by atoms with E-state index in [1.54, 1.807) is 18.4 Å². The molecule has 0 bridgehead atoms. The summed E-state index contributed by atoms with van der Waals surface area (Å²) in [4.78, 5) is 19.5. The van der Waals surface area contributed by atoms with Crippen molar-refractivity contribution in [2.75, 3.05) is 13.1 Å². The van der Waals surface area contributed by atoms with Crippen molar-refractivity contribution < 1.29 is 13.6 Å². The van der Waals surface area contributed by atoms with Crippen LogP contribution in [-0.2, 0) is 11.3 Å². The Balaban J connectivity index is 1.21. The summed E-state index contributed by atoms with van der Waals surface area (Å²) in [6.45, 7) is 2.29. The van der Waals surface area contributed by atoms with Crippen LogP contribution >= 0.6 is 0 Å². The topological polar surface area (TPSA) is 51.3 Å². The molecule has 36 heavy (non-hydrogen) atoms. The summed E-state index contributed by atoms with van der Waals surface area (Å²) in [7, 11) is 0. The number of amides is 1. The molecule has 3 aromatic carbocycles. The average Bonchev–Trinajstić information content (AvgIpc) is 3.30. The first-order chi connectivity index (χ1) is 17.6. The first kappa shape index (κ1) is 21.4. The van der Waals surface area contributed by atoms with Crippen LogP contribution in [0.3, 0.4) is 0 Å². The maximum absolute atomic E-state index is 14.2. The molecule has 180 valence electrons. The molecular formula is C30H26FN3O2. The van der Waals surface area contributed by atoms with Crippen molar-refractivity contribution in [2.24, 2.45) is 11.8 Å². The largest absolute Gasteiger partial charge is 0.464 e. The van der Waals surface area contributed by atoms with Crippen LogP contribution in [0.2, 0.25) is 0 Å². The van der Waals surface area contributed by atoms with E-state index in [2.05, 4.69) is 41.0 Å². The van der Waals surface area contributed by atoms with Gasteiger partial charge in [0.2, 0.25) is 5.91 Å². The Kier molecular flexibility index (Phi) is 4.94. The molecule has 3 heterocycles. The molecule has 1 saturated heterocycles. The van der Waals surface area contributed by atoms with Gasteiger partial charge in [-0.2, -0.15) is 0 Å². The van der Waals surface area contributed by atoms with E-state index in [4.69, 9.17) is 9.40 Å². The average molecular weight is 480 g/mol. The van der Waals surface area contributed by atoms with Gasteiger partial charge in [-0.1, -0.05) is 30.3 Å². The smallest absolute Gasteiger partial charge is 0.225 e. The molecule has 0 unspecified atom stereocenters. The summed E-state index contributed by atoms with van der Waals surface area (Å²) >= 11 is 0. The molecule has 1 aliphatic heterocycles. The predicted octanol–water partition coefficient (Wildman–Crippen LogP) is 6.51. The van der Waals surface area contributed by atoms with Crippen molar-refractivity contribution in [3.63, 3.8) is 0 Å². The maximum Gasteiger partial charge on any atom is 0.225 e. The number of rotatable bonds is 5. The zero-order valence-electron chi connectivity index (χ0n) is 19.9. The number of benzene rings is 3. The lowest BCUT2D eigenvalue weighted by atomic mass is 10.0. The fourth-order valence-electron chi connectivity index (χ4n) is 5.49. The number of halogens is 1. The number of likely N-dealkylation sites (tertiary alicyclic amines) is 1. The molecule has 7 rings (SSSR count). The van der Waals surface area contributed by atoms with Crippen molar-refractivity contribution >= 4 is 27.9 Å². The van der Waals surface area contributed by atoms with Crippen LogP contribution in [-0.4, -0.2) is 33.4 Å². The van der Waals surface area contributed by atoms with Gasteiger partial charge in [-0.15, -0.1) is 0 Å². The molecule has 5 nitrogen and oxygen atoms in total. The van der Waals surface area contributed by atoms with Crippen LogP contribution in [0.1, 0.15) is 19.3 Å². The number of nitrogens with zero attached hydrogens (tertiary/aromatic N) is 3. The van der Waals surface area contributed by atoms with Gasteiger partial charge in [0, 0.05) is 36.5 Å². The minimum absolute atomic E-state index is 0.246. The highest BCUT2D eigenvalue weighted by Gasteiger charge is 2.36. The van der Waals surface area contributed by atoms with E-state index in [1.807, 2.05) is 17.0 Å². The molecule has 2 fully saturated rings. The van der Waals surface area contributed by atoms with E-state index < -0.39 is 0 Å². The second kappa shape index (κ2) is 8.33. The number of imidazole rings is 1. The third-order valence-electron chi connectivity index (χ3n) is 7.60. The molecule has 1 aliphatic carbocycles. The van der Waals surface area contributed by atoms with Gasteiger partial charge in [0.25, 0.3) is 0 Å². The third-order valence-corrected chi connectivity index (χ3v) is 7.60. The fourth-order valence-corrected chi connectivity index (χ4v) is 5.49. The van der Waals surface area contributed by atoms with E-state index in [0.717, 1.165) is 76.9 Å². The summed E-state index contributed by atoms with van der Waals surface area (Å²) in [6, 6.07) is 21.3. The van der Waals surface area contributed by atoms with Gasteiger partial charge in [-0.25, -0.2) is 9.37 Å². The third kappa shape index (κ3) is 3.77. The predicted molar refractivity (Wildman–Crippen MR) is 138 cm³/mol. The number of hydrogen-bond donors (Lipinski definition) is 0. The van der Waals surface area contributed by atoms with Gasteiger partial charge in [0.1, 0.15) is 17.2 Å². The Morgan fingerprint density at radius 3 is 2.58 bits per heavy atom. The monoisotopic (exact) mass is 479 g/mol. The van der Waals surface area contributed by atoms with Crippen LogP contribution in [0.5, 0.6) is 0 Å². The van der Waals surface area contributed by atoms with E-state index in [1.165, 1.54) is 6.07 Å². The van der Waals surface area contributed by atoms with E-state index in [0.29, 0.717) is 18.4 Å². The van der Waals surface area contributed by atoms with Crippen LogP contribution in [0.4, 0.5) is 4.39 Å². The van der Waals surface area contributed by atoms with Crippen molar-refractivity contribution in [3.8, 4) is 22.5 Å². The zero-order valence-corrected chi connectivity index (χ0v) is 19.9. The molecule has 2 aliphatic rings. The van der Waals surface area contributed by atoms with Gasteiger partial charge in [0.15, 0.2) is 0 Å². The Morgan fingerprint density at radius 1 is 0.944 bits per heavy atom. The van der Waals surface area contributed by atoms with Crippen LogP contribution in [0.25, 0.3) is 44.5 Å². The molecule has 0 N–H and O–H groups in total. The lowest BCUT2D eigenvalue weighted by Gasteiger charge is -2.18. The quantitative estimate of drug-likeness (QED) is 0.289. The summed E-state index contributed by atoms with van der Waals surface area (Å²) in [6.07, 6.45) is 4.72. The molecule has 1 atom stereocenters.